The molecule has 0 bridgehead atoms. The normalized spacial score (nSPS) is 19.0. The molecule has 5 nitrogen and oxygen atoms in total. The standard InChI is InChI=1S/C23H27ClN2O3/c1-25(15-17-5-2-6-19(24)13-17)23(27)16-26-10-3-7-20(26)18-8-9-21-22(14-18)29-12-4-11-28-21/h2,5-6,8-9,13-14,20H,3-4,7,10-12,15-16H2,1H3/t20-/m0/s1. The number of carbonyl (C=O) groups is 1. The number of carbonyl (C=O) groups excluding carboxylic acids is 1. The molecule has 29 heavy (non-hydrogen) atoms. The van der Waals surface area contributed by atoms with E-state index < -0.39 is 0 Å². The van der Waals surface area contributed by atoms with E-state index in [1.807, 2.05) is 37.4 Å². The molecule has 0 N–H and O–H groups in total. The summed E-state index contributed by atoms with van der Waals surface area (Å²) in [5, 5.41) is 0.692. The van der Waals surface area contributed by atoms with Crippen LogP contribution in [0.1, 0.15) is 36.4 Å². The first-order valence-electron chi connectivity index (χ1n) is 10.2. The largest absolute Gasteiger partial charge is 0.490 e. The Morgan fingerprint density at radius 1 is 1.14 bits per heavy atom. The third kappa shape index (κ3) is 4.85. The molecule has 154 valence electrons. The molecule has 2 aliphatic heterocycles. The molecule has 2 aromatic rings. The average molecular weight is 415 g/mol. The van der Waals surface area contributed by atoms with Gasteiger partial charge in [-0.1, -0.05) is 29.8 Å². The van der Waals surface area contributed by atoms with Gasteiger partial charge >= 0.3 is 0 Å². The molecule has 0 aliphatic carbocycles. The van der Waals surface area contributed by atoms with Gasteiger partial charge in [0.2, 0.25) is 5.91 Å². The van der Waals surface area contributed by atoms with Crippen LogP contribution in [0, 0.1) is 0 Å². The van der Waals surface area contributed by atoms with Gasteiger partial charge in [-0.05, 0) is 54.8 Å². The molecule has 1 fully saturated rings. The summed E-state index contributed by atoms with van der Waals surface area (Å²) in [6, 6.07) is 14.1. The van der Waals surface area contributed by atoms with Crippen molar-refractivity contribution in [2.45, 2.75) is 31.8 Å². The van der Waals surface area contributed by atoms with Gasteiger partial charge in [-0.3, -0.25) is 9.69 Å². The average Bonchev–Trinajstić information content (AvgIpc) is 3.03. The number of likely N-dealkylation sites (tertiary alicyclic amines) is 1. The van der Waals surface area contributed by atoms with Gasteiger partial charge in [0.25, 0.3) is 0 Å². The van der Waals surface area contributed by atoms with Gasteiger partial charge < -0.3 is 14.4 Å². The third-order valence-corrected chi connectivity index (χ3v) is 5.83. The Kier molecular flexibility index (Phi) is 6.26. The number of amides is 1. The predicted molar refractivity (Wildman–Crippen MR) is 114 cm³/mol. The van der Waals surface area contributed by atoms with Crippen LogP contribution in [-0.2, 0) is 11.3 Å². The smallest absolute Gasteiger partial charge is 0.236 e. The summed E-state index contributed by atoms with van der Waals surface area (Å²) in [5.74, 6) is 1.75. The second-order valence-corrected chi connectivity index (χ2v) is 8.20. The van der Waals surface area contributed by atoms with E-state index in [0.717, 1.165) is 42.9 Å². The second-order valence-electron chi connectivity index (χ2n) is 7.76. The Hall–Kier alpha value is -2.24. The Morgan fingerprint density at radius 3 is 2.79 bits per heavy atom. The number of hydrogen-bond donors (Lipinski definition) is 0. The Bertz CT molecular complexity index is 873. The summed E-state index contributed by atoms with van der Waals surface area (Å²) in [6.07, 6.45) is 3.03. The van der Waals surface area contributed by atoms with E-state index in [1.165, 1.54) is 5.56 Å². The lowest BCUT2D eigenvalue weighted by molar-refractivity contribution is -0.131. The van der Waals surface area contributed by atoms with Gasteiger partial charge in [0.15, 0.2) is 11.5 Å². The summed E-state index contributed by atoms with van der Waals surface area (Å²) >= 11 is 6.06. The SMILES string of the molecule is CN(Cc1cccc(Cl)c1)C(=O)CN1CCC[C@H]1c1ccc2c(c1)OCCCO2. The van der Waals surface area contributed by atoms with Crippen LogP contribution in [-0.4, -0.2) is 49.1 Å². The molecule has 1 atom stereocenters. The van der Waals surface area contributed by atoms with Gasteiger partial charge in [-0.15, -0.1) is 0 Å². The summed E-state index contributed by atoms with van der Waals surface area (Å²) < 4.78 is 11.6. The van der Waals surface area contributed by atoms with Crippen molar-refractivity contribution in [3.05, 3.63) is 58.6 Å². The molecule has 4 rings (SSSR count). The van der Waals surface area contributed by atoms with Crippen LogP contribution in [0.2, 0.25) is 5.02 Å². The number of benzene rings is 2. The molecule has 1 amide bonds. The van der Waals surface area contributed by atoms with Crippen LogP contribution >= 0.6 is 11.6 Å². The number of fused-ring (bicyclic) bond motifs is 1. The lowest BCUT2D eigenvalue weighted by atomic mass is 10.0. The highest BCUT2D eigenvalue weighted by molar-refractivity contribution is 6.30. The van der Waals surface area contributed by atoms with Crippen molar-refractivity contribution in [2.75, 3.05) is 33.4 Å². The topological polar surface area (TPSA) is 42.0 Å². The minimum absolute atomic E-state index is 0.117. The predicted octanol–water partition coefficient (Wildman–Crippen LogP) is 4.30. The first kappa shape index (κ1) is 20.0. The fraction of sp³-hybridized carbons (Fsp3) is 0.435. The molecule has 2 aromatic carbocycles. The number of nitrogens with zero attached hydrogens (tertiary/aromatic N) is 2. The van der Waals surface area contributed by atoms with Crippen molar-refractivity contribution >= 4 is 17.5 Å². The van der Waals surface area contributed by atoms with E-state index in [2.05, 4.69) is 17.0 Å². The maximum absolute atomic E-state index is 12.8. The first-order valence-corrected chi connectivity index (χ1v) is 10.6. The van der Waals surface area contributed by atoms with Crippen LogP contribution in [0.25, 0.3) is 0 Å². The zero-order chi connectivity index (χ0) is 20.2. The van der Waals surface area contributed by atoms with Crippen LogP contribution in [0.3, 0.4) is 0 Å². The number of ether oxygens (including phenoxy) is 2. The highest BCUT2D eigenvalue weighted by Gasteiger charge is 2.29. The number of hydrogen-bond acceptors (Lipinski definition) is 4. The summed E-state index contributed by atoms with van der Waals surface area (Å²) in [4.78, 5) is 16.9. The maximum Gasteiger partial charge on any atom is 0.236 e. The van der Waals surface area contributed by atoms with E-state index in [9.17, 15) is 4.79 Å². The summed E-state index contributed by atoms with van der Waals surface area (Å²) in [5.41, 5.74) is 2.23. The van der Waals surface area contributed by atoms with Crippen molar-refractivity contribution in [1.29, 1.82) is 0 Å². The second kappa shape index (κ2) is 9.06. The van der Waals surface area contributed by atoms with Gasteiger partial charge in [0, 0.05) is 31.1 Å². The zero-order valence-corrected chi connectivity index (χ0v) is 17.5. The summed E-state index contributed by atoms with van der Waals surface area (Å²) in [6.45, 7) is 3.26. The summed E-state index contributed by atoms with van der Waals surface area (Å²) in [7, 11) is 1.85. The highest BCUT2D eigenvalue weighted by Crippen LogP contribution is 2.37. The number of halogens is 1. The molecule has 0 spiro atoms. The van der Waals surface area contributed by atoms with Crippen LogP contribution < -0.4 is 9.47 Å². The van der Waals surface area contributed by atoms with E-state index in [1.54, 1.807) is 4.90 Å². The lowest BCUT2D eigenvalue weighted by Crippen LogP contribution is -2.37. The fourth-order valence-corrected chi connectivity index (χ4v) is 4.28. The lowest BCUT2D eigenvalue weighted by Gasteiger charge is -2.27. The monoisotopic (exact) mass is 414 g/mol. The van der Waals surface area contributed by atoms with Crippen LogP contribution in [0.15, 0.2) is 42.5 Å². The van der Waals surface area contributed by atoms with Crippen molar-refractivity contribution in [1.82, 2.24) is 9.80 Å². The van der Waals surface area contributed by atoms with Gasteiger partial charge in [0.1, 0.15) is 0 Å². The minimum atomic E-state index is 0.117. The Balaban J connectivity index is 1.42. The Labute approximate surface area is 177 Å². The van der Waals surface area contributed by atoms with Crippen molar-refractivity contribution in [3.8, 4) is 11.5 Å². The molecule has 0 radical (unpaired) electrons. The molecular weight excluding hydrogens is 388 g/mol. The van der Waals surface area contributed by atoms with E-state index in [0.29, 0.717) is 31.3 Å². The fourth-order valence-electron chi connectivity index (χ4n) is 4.07. The molecule has 2 heterocycles. The minimum Gasteiger partial charge on any atom is -0.490 e. The molecule has 6 heteroatoms. The van der Waals surface area contributed by atoms with E-state index in [-0.39, 0.29) is 11.9 Å². The Morgan fingerprint density at radius 2 is 1.97 bits per heavy atom. The molecule has 0 aromatic heterocycles. The zero-order valence-electron chi connectivity index (χ0n) is 16.8. The molecule has 1 saturated heterocycles. The first-order chi connectivity index (χ1) is 14.1. The third-order valence-electron chi connectivity index (χ3n) is 5.59. The van der Waals surface area contributed by atoms with Crippen LogP contribution in [0.5, 0.6) is 11.5 Å². The van der Waals surface area contributed by atoms with E-state index >= 15 is 0 Å². The molecular formula is C23H27ClN2O3. The van der Waals surface area contributed by atoms with E-state index in [4.69, 9.17) is 21.1 Å². The molecule has 2 aliphatic rings. The van der Waals surface area contributed by atoms with Crippen molar-refractivity contribution in [3.63, 3.8) is 0 Å². The highest BCUT2D eigenvalue weighted by atomic mass is 35.5. The molecule has 0 saturated carbocycles. The van der Waals surface area contributed by atoms with Crippen molar-refractivity contribution in [2.24, 2.45) is 0 Å². The van der Waals surface area contributed by atoms with Crippen molar-refractivity contribution < 1.29 is 14.3 Å². The van der Waals surface area contributed by atoms with Gasteiger partial charge in [-0.2, -0.15) is 0 Å². The van der Waals surface area contributed by atoms with Crippen LogP contribution in [0.4, 0.5) is 0 Å². The molecule has 0 unspecified atom stereocenters. The van der Waals surface area contributed by atoms with Gasteiger partial charge in [0.05, 0.1) is 19.8 Å². The van der Waals surface area contributed by atoms with Gasteiger partial charge in [-0.25, -0.2) is 0 Å². The quantitative estimate of drug-likeness (QED) is 0.731. The maximum atomic E-state index is 12.8. The number of rotatable bonds is 5. The number of likely N-dealkylation sites (N-methyl/N-ethyl adjacent to an activating group) is 1.